The van der Waals surface area contributed by atoms with Gasteiger partial charge >= 0.3 is 11.6 Å². The van der Waals surface area contributed by atoms with Crippen LogP contribution in [0.1, 0.15) is 66.6 Å². The summed E-state index contributed by atoms with van der Waals surface area (Å²) < 4.78 is 14.6. The van der Waals surface area contributed by atoms with Crippen molar-refractivity contribution in [3.8, 4) is 5.75 Å². The summed E-state index contributed by atoms with van der Waals surface area (Å²) in [6, 6.07) is 2.50. The van der Waals surface area contributed by atoms with Gasteiger partial charge in [0.1, 0.15) is 23.7 Å². The average molecular weight is 621 g/mol. The van der Waals surface area contributed by atoms with Gasteiger partial charge in [-0.3, -0.25) is 14.4 Å². The molecule has 0 atom stereocenters. The van der Waals surface area contributed by atoms with Gasteiger partial charge in [0.25, 0.3) is 0 Å². The van der Waals surface area contributed by atoms with Crippen LogP contribution in [0, 0.1) is 37.0 Å². The molecule has 0 fully saturated rings. The van der Waals surface area contributed by atoms with Crippen molar-refractivity contribution in [1.29, 1.82) is 1.34 Å². The van der Waals surface area contributed by atoms with E-state index in [-0.39, 0.29) is 87.1 Å². The molecule has 1 rings (SSSR count). The minimum atomic E-state index is -0.561. The molecule has 7 nitrogen and oxygen atoms in total. The van der Waals surface area contributed by atoms with Crippen molar-refractivity contribution in [1.82, 2.24) is 0 Å². The van der Waals surface area contributed by atoms with Crippen molar-refractivity contribution in [2.75, 3.05) is 6.61 Å². The standard InChI is InChI=1S/C10H16O4.C8H10O3.CH4.BH.U/c1-4-14-10(13)6-8(11)5-9(12)7(2)3;1-5(2)7-3-6(9)4-8(10)11-7;;;/h7H,4-6H2,1-3H3;3-5,9H,1-2H3;1H4;1H;/i;;;1D;. The molecular formula is C19H31BO7U. The predicted molar refractivity (Wildman–Crippen MR) is 105 cm³/mol. The Kier molecular flexibility index (Phi) is 19.9. The Bertz CT molecular complexity index is 660. The molecule has 0 aliphatic heterocycles. The predicted octanol–water partition coefficient (Wildman–Crippen LogP) is 2.58. The van der Waals surface area contributed by atoms with Gasteiger partial charge in [0, 0.05) is 57.4 Å². The normalized spacial score (nSPS) is 9.32. The first-order chi connectivity index (χ1) is 12.6. The van der Waals surface area contributed by atoms with E-state index in [0.29, 0.717) is 5.76 Å². The van der Waals surface area contributed by atoms with Crippen molar-refractivity contribution in [2.45, 2.75) is 60.8 Å². The van der Waals surface area contributed by atoms with Crippen molar-refractivity contribution in [3.63, 3.8) is 0 Å². The summed E-state index contributed by atoms with van der Waals surface area (Å²) in [7, 11) is 3.75. The van der Waals surface area contributed by atoms with E-state index in [1.807, 2.05) is 13.8 Å². The Hall–Kier alpha value is -1.32. The number of ether oxygens (including phenoxy) is 1. The molecule has 1 aromatic heterocycles. The van der Waals surface area contributed by atoms with E-state index in [1.165, 1.54) is 6.07 Å². The zero-order valence-corrected chi connectivity index (χ0v) is 20.6. The molecule has 1 N–H and O–H groups in total. The summed E-state index contributed by atoms with van der Waals surface area (Å²) in [5.41, 5.74) is -0.506. The van der Waals surface area contributed by atoms with Crippen LogP contribution in [0.15, 0.2) is 21.3 Å². The third-order valence-corrected chi connectivity index (χ3v) is 3.01. The Morgan fingerprint density at radius 3 is 2.11 bits per heavy atom. The minimum absolute atomic E-state index is 0. The van der Waals surface area contributed by atoms with Gasteiger partial charge in [-0.05, 0) is 8.26 Å². The van der Waals surface area contributed by atoms with Gasteiger partial charge in [0.2, 0.25) is 0 Å². The minimum Gasteiger partial charge on any atom is -0.508 e. The SMILES string of the molecule is C.CC(C)c1cc(O)cc(=O)o1.CCOC(=O)CC(=O)CC(=O)C(C)C.[2H][B].[U]. The number of esters is 1. The molecule has 2 radical (unpaired) electrons. The molecular weight excluding hydrogens is 589 g/mol. The maximum absolute atomic E-state index is 11.1. The molecule has 0 aliphatic rings. The molecule has 0 spiro atoms. The topological polar surface area (TPSA) is 111 Å². The van der Waals surface area contributed by atoms with Crippen LogP contribution < -0.4 is 5.63 Å². The molecule has 1 aromatic rings. The van der Waals surface area contributed by atoms with Crippen molar-refractivity contribution in [3.05, 3.63) is 28.3 Å². The number of hydrogen-bond acceptors (Lipinski definition) is 7. The third kappa shape index (κ3) is 15.7. The van der Waals surface area contributed by atoms with E-state index in [4.69, 9.17) is 10.9 Å². The fourth-order valence-electron chi connectivity index (χ4n) is 1.60. The number of ketones is 2. The van der Waals surface area contributed by atoms with Crippen LogP contribution in [0.3, 0.4) is 0 Å². The molecule has 0 aliphatic carbocycles. The molecule has 0 amide bonds. The molecule has 156 valence electrons. The van der Waals surface area contributed by atoms with E-state index in [1.54, 1.807) is 20.8 Å². The van der Waals surface area contributed by atoms with Gasteiger partial charge in [-0.1, -0.05) is 35.1 Å². The number of carbonyl (C=O) groups is 3. The zero-order valence-electron chi connectivity index (χ0n) is 17.4. The third-order valence-electron chi connectivity index (χ3n) is 3.01. The molecule has 0 unspecified atom stereocenters. The van der Waals surface area contributed by atoms with E-state index in [2.05, 4.69) is 13.1 Å². The van der Waals surface area contributed by atoms with E-state index < -0.39 is 11.6 Å². The van der Waals surface area contributed by atoms with Crippen molar-refractivity contribution in [2.24, 2.45) is 5.92 Å². The maximum atomic E-state index is 11.1. The van der Waals surface area contributed by atoms with Gasteiger partial charge in [0.15, 0.2) is 5.78 Å². The van der Waals surface area contributed by atoms with Crippen LogP contribution in [0.4, 0.5) is 0 Å². The molecule has 0 bridgehead atoms. The maximum Gasteiger partial charge on any atom is 0.339 e. The van der Waals surface area contributed by atoms with Crippen LogP contribution >= 0.6 is 0 Å². The number of rotatable bonds is 7. The summed E-state index contributed by atoms with van der Waals surface area (Å²) in [5, 5.41) is 8.98. The molecule has 28 heavy (non-hydrogen) atoms. The summed E-state index contributed by atoms with van der Waals surface area (Å²) in [5.74, 6) is -0.647. The first-order valence-electron chi connectivity index (χ1n) is 8.68. The second-order valence-electron chi connectivity index (χ2n) is 6.01. The molecule has 1 heterocycles. The van der Waals surface area contributed by atoms with Crippen molar-refractivity contribution < 1.29 is 59.8 Å². The van der Waals surface area contributed by atoms with Gasteiger partial charge in [-0.25, -0.2) is 4.79 Å². The molecule has 0 saturated heterocycles. The second-order valence-corrected chi connectivity index (χ2v) is 6.01. The smallest absolute Gasteiger partial charge is 0.339 e. The fourth-order valence-corrected chi connectivity index (χ4v) is 1.60. The van der Waals surface area contributed by atoms with E-state index in [9.17, 15) is 19.2 Å². The Balaban J connectivity index is -0.000000189. The van der Waals surface area contributed by atoms with E-state index >= 15 is 0 Å². The number of carbonyl (C=O) groups excluding carboxylic acids is 3. The van der Waals surface area contributed by atoms with Gasteiger partial charge in [-0.2, -0.15) is 0 Å². The largest absolute Gasteiger partial charge is 0.508 e. The van der Waals surface area contributed by atoms with Crippen molar-refractivity contribution >= 4 is 25.9 Å². The van der Waals surface area contributed by atoms with Crippen LogP contribution in [0.2, 0.25) is 0 Å². The van der Waals surface area contributed by atoms with Crippen LogP contribution in [-0.2, 0) is 19.1 Å². The molecule has 0 aromatic carbocycles. The first kappa shape index (κ1) is 31.4. The average Bonchev–Trinajstić information content (AvgIpc) is 2.56. The van der Waals surface area contributed by atoms with Crippen LogP contribution in [0.25, 0.3) is 0 Å². The quantitative estimate of drug-likeness (QED) is 0.283. The monoisotopic (exact) mass is 621 g/mol. The Morgan fingerprint density at radius 2 is 1.71 bits per heavy atom. The zero-order chi connectivity index (χ0) is 21.6. The molecule has 0 saturated carbocycles. The number of hydrogen-bond donors (Lipinski definition) is 1. The first-order valence-corrected chi connectivity index (χ1v) is 8.10. The second kappa shape index (κ2) is 17.8. The van der Waals surface area contributed by atoms with Crippen LogP contribution in [0.5, 0.6) is 5.75 Å². The van der Waals surface area contributed by atoms with Gasteiger partial charge < -0.3 is 14.3 Å². The number of Topliss-reactive ketones (excluding diaryl/α,β-unsaturated/α-hetero) is 2. The fraction of sp³-hybridized carbons (Fsp3) is 0.579. The Labute approximate surface area is 193 Å². The summed E-state index contributed by atoms with van der Waals surface area (Å²) >= 11 is 0. The molecule has 9 heteroatoms. The van der Waals surface area contributed by atoms with Gasteiger partial charge in [0.05, 0.1) is 19.1 Å². The summed E-state index contributed by atoms with van der Waals surface area (Å²) in [6.45, 7) is 9.14. The Morgan fingerprint density at radius 1 is 1.18 bits per heavy atom. The number of aromatic hydroxyl groups is 1. The summed E-state index contributed by atoms with van der Waals surface area (Å²) in [6.07, 6.45) is -0.469. The van der Waals surface area contributed by atoms with E-state index in [0.717, 1.165) is 6.07 Å². The van der Waals surface area contributed by atoms with Crippen LogP contribution in [-0.4, -0.2) is 39.0 Å². The van der Waals surface area contributed by atoms with Gasteiger partial charge in [-0.15, -0.1) is 0 Å². The summed E-state index contributed by atoms with van der Waals surface area (Å²) in [4.78, 5) is 43.8.